The smallest absolute Gasteiger partial charge is 0.151 e. The Hall–Kier alpha value is -0.800. The molecule has 4 heteroatoms. The number of hydrogen-bond donors (Lipinski definition) is 1. The summed E-state index contributed by atoms with van der Waals surface area (Å²) in [4.78, 5) is 0. The monoisotopic (exact) mass is 204 g/mol. The Labute approximate surface area is 80.9 Å². The summed E-state index contributed by atoms with van der Waals surface area (Å²) in [5.41, 5.74) is 0.0926. The minimum atomic E-state index is -0.936. The highest BCUT2D eigenvalue weighted by Crippen LogP contribution is 2.31. The zero-order valence-electron chi connectivity index (χ0n) is 7.34. The second-order valence-corrected chi connectivity index (χ2v) is 3.06. The van der Waals surface area contributed by atoms with Gasteiger partial charge in [-0.15, -0.1) is 0 Å². The summed E-state index contributed by atoms with van der Waals surface area (Å²) >= 11 is 5.55. The van der Waals surface area contributed by atoms with E-state index in [0.717, 1.165) is 0 Å². The van der Waals surface area contributed by atoms with Gasteiger partial charge in [0.25, 0.3) is 0 Å². The fourth-order valence-corrected chi connectivity index (χ4v) is 1.28. The van der Waals surface area contributed by atoms with Crippen LogP contribution in [0.3, 0.4) is 0 Å². The van der Waals surface area contributed by atoms with E-state index >= 15 is 0 Å². The molecule has 0 aliphatic carbocycles. The molecule has 13 heavy (non-hydrogen) atoms. The van der Waals surface area contributed by atoms with Crippen LogP contribution in [0.4, 0.5) is 4.39 Å². The molecule has 2 nitrogen and oxygen atoms in total. The standard InChI is InChI=1S/C9H10ClFO2/c1-5(12)8-7(13-2)4-3-6(10)9(8)11/h3-5,12H,1-2H3. The van der Waals surface area contributed by atoms with Crippen molar-refractivity contribution in [3.8, 4) is 5.75 Å². The molecule has 0 radical (unpaired) electrons. The zero-order valence-corrected chi connectivity index (χ0v) is 8.10. The third-order valence-corrected chi connectivity index (χ3v) is 2.02. The lowest BCUT2D eigenvalue weighted by Gasteiger charge is -2.12. The molecule has 0 amide bonds. The molecule has 0 spiro atoms. The van der Waals surface area contributed by atoms with Crippen LogP contribution >= 0.6 is 11.6 Å². The van der Waals surface area contributed by atoms with Crippen molar-refractivity contribution in [2.75, 3.05) is 7.11 Å². The molecule has 1 N–H and O–H groups in total. The van der Waals surface area contributed by atoms with Crippen molar-refractivity contribution in [3.63, 3.8) is 0 Å². The van der Waals surface area contributed by atoms with E-state index < -0.39 is 11.9 Å². The molecule has 0 aromatic heterocycles. The van der Waals surface area contributed by atoms with Crippen LogP contribution in [0.2, 0.25) is 5.02 Å². The first-order valence-corrected chi connectivity index (χ1v) is 4.15. The molecule has 1 aromatic carbocycles. The van der Waals surface area contributed by atoms with E-state index in [-0.39, 0.29) is 10.6 Å². The summed E-state index contributed by atoms with van der Waals surface area (Å²) in [7, 11) is 1.41. The Bertz CT molecular complexity index is 313. The summed E-state index contributed by atoms with van der Waals surface area (Å²) in [6, 6.07) is 2.91. The number of halogens is 2. The van der Waals surface area contributed by atoms with Crippen molar-refractivity contribution in [1.82, 2.24) is 0 Å². The quantitative estimate of drug-likeness (QED) is 0.802. The minimum absolute atomic E-state index is 0.0169. The summed E-state index contributed by atoms with van der Waals surface area (Å²) in [5.74, 6) is -0.326. The normalized spacial score (nSPS) is 12.7. The molecule has 1 aromatic rings. The predicted octanol–water partition coefficient (Wildman–Crippen LogP) is 2.54. The summed E-state index contributed by atoms with van der Waals surface area (Å²) in [6.07, 6.45) is -0.936. The van der Waals surface area contributed by atoms with Gasteiger partial charge in [-0.25, -0.2) is 4.39 Å². The Morgan fingerprint density at radius 3 is 2.62 bits per heavy atom. The third kappa shape index (κ3) is 1.92. The topological polar surface area (TPSA) is 29.5 Å². The van der Waals surface area contributed by atoms with E-state index in [9.17, 15) is 9.50 Å². The van der Waals surface area contributed by atoms with E-state index in [2.05, 4.69) is 0 Å². The van der Waals surface area contributed by atoms with Gasteiger partial charge < -0.3 is 9.84 Å². The largest absolute Gasteiger partial charge is 0.496 e. The van der Waals surface area contributed by atoms with Crippen molar-refractivity contribution in [2.45, 2.75) is 13.0 Å². The van der Waals surface area contributed by atoms with E-state index in [4.69, 9.17) is 16.3 Å². The van der Waals surface area contributed by atoms with Crippen LogP contribution in [0.1, 0.15) is 18.6 Å². The maximum absolute atomic E-state index is 13.3. The Morgan fingerprint density at radius 1 is 1.54 bits per heavy atom. The molecule has 1 atom stereocenters. The summed E-state index contributed by atoms with van der Waals surface area (Å²) < 4.78 is 18.2. The molecule has 1 rings (SSSR count). The van der Waals surface area contributed by atoms with E-state index in [0.29, 0.717) is 5.75 Å². The van der Waals surface area contributed by atoms with Gasteiger partial charge in [-0.3, -0.25) is 0 Å². The third-order valence-electron chi connectivity index (χ3n) is 1.73. The van der Waals surface area contributed by atoms with Crippen LogP contribution in [-0.2, 0) is 0 Å². The van der Waals surface area contributed by atoms with Gasteiger partial charge in [0.1, 0.15) is 5.75 Å². The molecule has 0 fully saturated rings. The maximum atomic E-state index is 13.3. The van der Waals surface area contributed by atoms with E-state index in [1.807, 2.05) is 0 Å². The van der Waals surface area contributed by atoms with Gasteiger partial charge in [0.2, 0.25) is 0 Å². The van der Waals surface area contributed by atoms with Crippen LogP contribution < -0.4 is 4.74 Å². The van der Waals surface area contributed by atoms with Crippen molar-refractivity contribution < 1.29 is 14.2 Å². The number of ether oxygens (including phenoxy) is 1. The molecule has 0 saturated heterocycles. The van der Waals surface area contributed by atoms with Gasteiger partial charge in [-0.1, -0.05) is 11.6 Å². The average Bonchev–Trinajstić information content (AvgIpc) is 2.08. The van der Waals surface area contributed by atoms with Crippen molar-refractivity contribution in [2.24, 2.45) is 0 Å². The number of aliphatic hydroxyl groups is 1. The lowest BCUT2D eigenvalue weighted by Crippen LogP contribution is -2.00. The zero-order chi connectivity index (χ0) is 10.0. The Balaban J connectivity index is 3.32. The van der Waals surface area contributed by atoms with Gasteiger partial charge in [0, 0.05) is 0 Å². The molecule has 0 bridgehead atoms. The second kappa shape index (κ2) is 3.94. The number of benzene rings is 1. The first kappa shape index (κ1) is 10.3. The number of methoxy groups -OCH3 is 1. The average molecular weight is 205 g/mol. The first-order chi connectivity index (χ1) is 6.07. The van der Waals surface area contributed by atoms with Crippen LogP contribution in [0, 0.1) is 5.82 Å². The predicted molar refractivity (Wildman–Crippen MR) is 48.6 cm³/mol. The number of rotatable bonds is 2. The molecule has 0 aliphatic heterocycles. The van der Waals surface area contributed by atoms with E-state index in [1.54, 1.807) is 0 Å². The van der Waals surface area contributed by atoms with Gasteiger partial charge in [0.15, 0.2) is 5.82 Å². The van der Waals surface area contributed by atoms with Crippen LogP contribution in [0.5, 0.6) is 5.75 Å². The van der Waals surface area contributed by atoms with Crippen LogP contribution in [-0.4, -0.2) is 12.2 Å². The number of aliphatic hydroxyl groups excluding tert-OH is 1. The fraction of sp³-hybridized carbons (Fsp3) is 0.333. The lowest BCUT2D eigenvalue weighted by molar-refractivity contribution is 0.189. The summed E-state index contributed by atoms with van der Waals surface area (Å²) in [6.45, 7) is 1.46. The van der Waals surface area contributed by atoms with Crippen molar-refractivity contribution >= 4 is 11.6 Å². The first-order valence-electron chi connectivity index (χ1n) is 3.78. The Kier molecular flexibility index (Phi) is 3.12. The molecule has 1 unspecified atom stereocenters. The number of hydrogen-bond acceptors (Lipinski definition) is 2. The van der Waals surface area contributed by atoms with Crippen LogP contribution in [0.15, 0.2) is 12.1 Å². The summed E-state index contributed by atoms with van der Waals surface area (Å²) in [5, 5.41) is 9.25. The van der Waals surface area contributed by atoms with Crippen LogP contribution in [0.25, 0.3) is 0 Å². The lowest BCUT2D eigenvalue weighted by atomic mass is 10.1. The molecule has 0 heterocycles. The Morgan fingerprint density at radius 2 is 2.15 bits per heavy atom. The second-order valence-electron chi connectivity index (χ2n) is 2.65. The maximum Gasteiger partial charge on any atom is 0.151 e. The van der Waals surface area contributed by atoms with Crippen molar-refractivity contribution in [3.05, 3.63) is 28.5 Å². The van der Waals surface area contributed by atoms with Crippen molar-refractivity contribution in [1.29, 1.82) is 0 Å². The highest BCUT2D eigenvalue weighted by molar-refractivity contribution is 6.30. The van der Waals surface area contributed by atoms with Gasteiger partial charge in [-0.2, -0.15) is 0 Å². The fourth-order valence-electron chi connectivity index (χ4n) is 1.12. The molecule has 72 valence electrons. The minimum Gasteiger partial charge on any atom is -0.496 e. The SMILES string of the molecule is COc1ccc(Cl)c(F)c1C(C)O. The molecule has 0 aliphatic rings. The van der Waals surface area contributed by atoms with Gasteiger partial charge in [0.05, 0.1) is 23.8 Å². The van der Waals surface area contributed by atoms with Gasteiger partial charge >= 0.3 is 0 Å². The highest BCUT2D eigenvalue weighted by Gasteiger charge is 2.16. The molecular formula is C9H10ClFO2. The highest BCUT2D eigenvalue weighted by atomic mass is 35.5. The molecular weight excluding hydrogens is 195 g/mol. The molecule has 0 saturated carbocycles. The van der Waals surface area contributed by atoms with Gasteiger partial charge in [-0.05, 0) is 19.1 Å². The van der Waals surface area contributed by atoms with E-state index in [1.165, 1.54) is 26.2 Å².